The van der Waals surface area contributed by atoms with E-state index in [1.54, 1.807) is 24.3 Å². The topological polar surface area (TPSA) is 117 Å². The van der Waals surface area contributed by atoms with E-state index in [1.165, 1.54) is 31.4 Å². The Morgan fingerprint density at radius 3 is 2.53 bits per heavy atom. The van der Waals surface area contributed by atoms with Crippen molar-refractivity contribution in [3.63, 3.8) is 0 Å². The van der Waals surface area contributed by atoms with Gasteiger partial charge in [-0.3, -0.25) is 20.4 Å². The van der Waals surface area contributed by atoms with Gasteiger partial charge in [0.15, 0.2) is 0 Å². The molecule has 0 bridgehead atoms. The molecule has 4 N–H and O–H groups in total. The Bertz CT molecular complexity index is 1280. The van der Waals surface area contributed by atoms with Crippen LogP contribution in [-0.4, -0.2) is 26.5 Å². The summed E-state index contributed by atoms with van der Waals surface area (Å²) in [5, 5.41) is 9.81. The minimum absolute atomic E-state index is 0.0386. The number of ether oxygens (including phenoxy) is 1. The molecule has 0 saturated carbocycles. The standard InChI is InChI=1S/C22H20FN3O5S/c1-14(18-13-16(23)10-11-20(18)27)24-25-22(28)15-6-5-7-17(12-15)32(29,30)26-19-8-3-4-9-21(19)31-2/h3-13,24,26-27H,1H2,2H3,(H,25,28). The van der Waals surface area contributed by atoms with E-state index < -0.39 is 21.7 Å². The number of carbonyl (C=O) groups is 1. The van der Waals surface area contributed by atoms with Crippen molar-refractivity contribution in [1.82, 2.24) is 10.9 Å². The summed E-state index contributed by atoms with van der Waals surface area (Å²) in [6.07, 6.45) is 0. The van der Waals surface area contributed by atoms with E-state index in [1.807, 2.05) is 0 Å². The Morgan fingerprint density at radius 1 is 1.03 bits per heavy atom. The van der Waals surface area contributed by atoms with Crippen LogP contribution < -0.4 is 20.3 Å². The summed E-state index contributed by atoms with van der Waals surface area (Å²) in [6, 6.07) is 15.2. The van der Waals surface area contributed by atoms with Crippen molar-refractivity contribution in [3.8, 4) is 11.5 Å². The van der Waals surface area contributed by atoms with Crippen molar-refractivity contribution in [2.45, 2.75) is 4.90 Å². The van der Waals surface area contributed by atoms with Gasteiger partial charge in [0.1, 0.15) is 17.3 Å². The van der Waals surface area contributed by atoms with Crippen LogP contribution in [0.3, 0.4) is 0 Å². The lowest BCUT2D eigenvalue weighted by Crippen LogP contribution is -2.36. The maximum absolute atomic E-state index is 13.4. The highest BCUT2D eigenvalue weighted by atomic mass is 32.2. The van der Waals surface area contributed by atoms with Crippen molar-refractivity contribution in [2.75, 3.05) is 11.8 Å². The molecule has 32 heavy (non-hydrogen) atoms. The summed E-state index contributed by atoms with van der Waals surface area (Å²) in [6.45, 7) is 3.64. The number of halogens is 1. The molecule has 10 heteroatoms. The van der Waals surface area contributed by atoms with Crippen LogP contribution in [0.5, 0.6) is 11.5 Å². The molecule has 0 atom stereocenters. The molecule has 3 aromatic carbocycles. The molecule has 0 aromatic heterocycles. The molecule has 166 valence electrons. The molecule has 0 heterocycles. The van der Waals surface area contributed by atoms with Crippen molar-refractivity contribution in [2.24, 2.45) is 0 Å². The van der Waals surface area contributed by atoms with E-state index in [2.05, 4.69) is 22.2 Å². The van der Waals surface area contributed by atoms with E-state index in [9.17, 15) is 22.7 Å². The zero-order valence-electron chi connectivity index (χ0n) is 16.9. The number of benzene rings is 3. The minimum Gasteiger partial charge on any atom is -0.507 e. The monoisotopic (exact) mass is 457 g/mol. The Kier molecular flexibility index (Phi) is 6.64. The van der Waals surface area contributed by atoms with Crippen LogP contribution in [0.15, 0.2) is 78.2 Å². The fourth-order valence-electron chi connectivity index (χ4n) is 2.76. The highest BCUT2D eigenvalue weighted by molar-refractivity contribution is 7.92. The molecule has 8 nitrogen and oxygen atoms in total. The van der Waals surface area contributed by atoms with Gasteiger partial charge in [-0.05, 0) is 48.5 Å². The number of phenols is 1. The van der Waals surface area contributed by atoms with Crippen molar-refractivity contribution in [3.05, 3.63) is 90.3 Å². The summed E-state index contributed by atoms with van der Waals surface area (Å²) >= 11 is 0. The van der Waals surface area contributed by atoms with Gasteiger partial charge in [-0.2, -0.15) is 0 Å². The molecule has 0 aliphatic carbocycles. The van der Waals surface area contributed by atoms with Crippen LogP contribution in [0.4, 0.5) is 10.1 Å². The van der Waals surface area contributed by atoms with Gasteiger partial charge in [0, 0.05) is 11.1 Å². The average molecular weight is 457 g/mol. The summed E-state index contributed by atoms with van der Waals surface area (Å²) in [5.74, 6) is -1.15. The number of anilines is 1. The van der Waals surface area contributed by atoms with E-state index in [4.69, 9.17) is 4.74 Å². The maximum atomic E-state index is 13.4. The van der Waals surface area contributed by atoms with Crippen LogP contribution in [0.25, 0.3) is 5.70 Å². The average Bonchev–Trinajstić information content (AvgIpc) is 2.79. The SMILES string of the molecule is C=C(NNC(=O)c1cccc(S(=O)(=O)Nc2ccccc2OC)c1)c1cc(F)ccc1O. The van der Waals surface area contributed by atoms with Gasteiger partial charge in [-0.15, -0.1) is 0 Å². The number of aromatic hydroxyl groups is 1. The van der Waals surface area contributed by atoms with Crippen LogP contribution in [-0.2, 0) is 10.0 Å². The number of sulfonamides is 1. The third-order valence-electron chi connectivity index (χ3n) is 4.37. The number of rotatable bonds is 8. The number of hydrogen-bond acceptors (Lipinski definition) is 6. The van der Waals surface area contributed by atoms with E-state index in [-0.39, 0.29) is 33.2 Å². The van der Waals surface area contributed by atoms with Gasteiger partial charge in [-0.1, -0.05) is 24.8 Å². The molecule has 0 saturated heterocycles. The van der Waals surface area contributed by atoms with Crippen LogP contribution in [0.1, 0.15) is 15.9 Å². The minimum atomic E-state index is -4.01. The van der Waals surface area contributed by atoms with Crippen molar-refractivity contribution >= 4 is 27.3 Å². The van der Waals surface area contributed by atoms with E-state index in [0.29, 0.717) is 5.75 Å². The normalized spacial score (nSPS) is 10.8. The molecule has 0 fully saturated rings. The number of hydrogen-bond donors (Lipinski definition) is 4. The molecular weight excluding hydrogens is 437 g/mol. The molecule has 0 aliphatic rings. The van der Waals surface area contributed by atoms with E-state index >= 15 is 0 Å². The zero-order chi connectivity index (χ0) is 23.3. The van der Waals surface area contributed by atoms with Gasteiger partial charge >= 0.3 is 0 Å². The number of hydrazine groups is 1. The quantitative estimate of drug-likeness (QED) is 0.386. The number of para-hydroxylation sites is 2. The summed E-state index contributed by atoms with van der Waals surface area (Å²) < 4.78 is 46.5. The van der Waals surface area contributed by atoms with Crippen LogP contribution in [0.2, 0.25) is 0 Å². The molecule has 0 spiro atoms. The molecule has 3 rings (SSSR count). The number of methoxy groups -OCH3 is 1. The Labute approximate surface area is 184 Å². The van der Waals surface area contributed by atoms with Gasteiger partial charge in [-0.25, -0.2) is 12.8 Å². The number of amides is 1. The first-order chi connectivity index (χ1) is 15.2. The molecule has 3 aromatic rings. The summed E-state index contributed by atoms with van der Waals surface area (Å²) in [7, 11) is -2.59. The Morgan fingerprint density at radius 2 is 1.78 bits per heavy atom. The maximum Gasteiger partial charge on any atom is 0.269 e. The lowest BCUT2D eigenvalue weighted by molar-refractivity contribution is 0.0942. The summed E-state index contributed by atoms with van der Waals surface area (Å²) in [4.78, 5) is 12.3. The third-order valence-corrected chi connectivity index (χ3v) is 5.73. The Balaban J connectivity index is 1.74. The summed E-state index contributed by atoms with van der Waals surface area (Å²) in [5.41, 5.74) is 5.19. The van der Waals surface area contributed by atoms with Gasteiger partial charge in [0.25, 0.3) is 15.9 Å². The highest BCUT2D eigenvalue weighted by Gasteiger charge is 2.18. The largest absolute Gasteiger partial charge is 0.507 e. The van der Waals surface area contributed by atoms with Gasteiger partial charge in [0.2, 0.25) is 0 Å². The molecule has 0 unspecified atom stereocenters. The number of carbonyl (C=O) groups excluding carboxylic acids is 1. The van der Waals surface area contributed by atoms with Crippen LogP contribution >= 0.6 is 0 Å². The molecular formula is C22H20FN3O5S. The van der Waals surface area contributed by atoms with Gasteiger partial charge in [0.05, 0.1) is 23.4 Å². The first kappa shape index (κ1) is 22.6. The lowest BCUT2D eigenvalue weighted by atomic mass is 10.1. The second-order valence-corrected chi connectivity index (χ2v) is 8.24. The van der Waals surface area contributed by atoms with Crippen LogP contribution in [0, 0.1) is 5.82 Å². The fraction of sp³-hybridized carbons (Fsp3) is 0.0455. The van der Waals surface area contributed by atoms with Crippen molar-refractivity contribution in [1.29, 1.82) is 0 Å². The first-order valence-corrected chi connectivity index (χ1v) is 10.7. The van der Waals surface area contributed by atoms with Crippen molar-refractivity contribution < 1.29 is 27.4 Å². The van der Waals surface area contributed by atoms with Gasteiger partial charge < -0.3 is 9.84 Å². The number of phenolic OH excluding ortho intramolecular Hbond substituents is 1. The molecule has 0 radical (unpaired) electrons. The Hall–Kier alpha value is -4.05. The molecule has 0 aliphatic heterocycles. The predicted octanol–water partition coefficient (Wildman–Crippen LogP) is 3.25. The highest BCUT2D eigenvalue weighted by Crippen LogP contribution is 2.26. The third kappa shape index (κ3) is 5.16. The molecule has 1 amide bonds. The zero-order valence-corrected chi connectivity index (χ0v) is 17.7. The second kappa shape index (κ2) is 9.40. The first-order valence-electron chi connectivity index (χ1n) is 9.21. The lowest BCUT2D eigenvalue weighted by Gasteiger charge is -2.14. The fourth-order valence-corrected chi connectivity index (χ4v) is 3.87. The number of nitrogens with one attached hydrogen (secondary N) is 3. The smallest absolute Gasteiger partial charge is 0.269 e. The predicted molar refractivity (Wildman–Crippen MR) is 118 cm³/mol. The second-order valence-electron chi connectivity index (χ2n) is 6.55. The van der Waals surface area contributed by atoms with E-state index in [0.717, 1.165) is 18.2 Å².